The average Bonchev–Trinajstić information content (AvgIpc) is 3.14. The molecule has 6 heteroatoms. The number of amides is 1. The molecule has 0 radical (unpaired) electrons. The van der Waals surface area contributed by atoms with Crippen LogP contribution < -0.4 is 14.8 Å². The van der Waals surface area contributed by atoms with Crippen LogP contribution in [0.2, 0.25) is 0 Å². The summed E-state index contributed by atoms with van der Waals surface area (Å²) in [6, 6.07) is 5.02. The Balaban J connectivity index is 1.50. The smallest absolute Gasteiger partial charge is 0.338 e. The van der Waals surface area contributed by atoms with E-state index in [1.807, 2.05) is 0 Å². The van der Waals surface area contributed by atoms with Gasteiger partial charge in [0.1, 0.15) is 0 Å². The van der Waals surface area contributed by atoms with Crippen LogP contribution >= 0.6 is 0 Å². The summed E-state index contributed by atoms with van der Waals surface area (Å²) in [7, 11) is 0. The minimum Gasteiger partial charge on any atom is -0.454 e. The second-order valence-electron chi connectivity index (χ2n) is 5.19. The summed E-state index contributed by atoms with van der Waals surface area (Å²) in [6.07, 6.45) is 4.29. The molecule has 1 amide bonds. The minimum atomic E-state index is -0.546. The zero-order valence-corrected chi connectivity index (χ0v) is 11.6. The van der Waals surface area contributed by atoms with Crippen LogP contribution in [0.5, 0.6) is 11.5 Å². The Hall–Kier alpha value is -2.24. The third-order valence-electron chi connectivity index (χ3n) is 3.66. The Labute approximate surface area is 122 Å². The van der Waals surface area contributed by atoms with Crippen molar-refractivity contribution in [1.82, 2.24) is 5.32 Å². The molecular formula is C15H17NO5. The number of hydrogen-bond donors (Lipinski definition) is 1. The van der Waals surface area contributed by atoms with Crippen LogP contribution in [0.15, 0.2) is 18.2 Å². The molecule has 1 saturated carbocycles. The number of hydrogen-bond acceptors (Lipinski definition) is 5. The fourth-order valence-corrected chi connectivity index (χ4v) is 2.58. The van der Waals surface area contributed by atoms with Crippen molar-refractivity contribution in [2.45, 2.75) is 31.7 Å². The van der Waals surface area contributed by atoms with Gasteiger partial charge >= 0.3 is 5.97 Å². The van der Waals surface area contributed by atoms with Crippen LogP contribution in [0.25, 0.3) is 0 Å². The first kappa shape index (κ1) is 13.7. The first-order chi connectivity index (χ1) is 10.2. The Kier molecular flexibility index (Phi) is 3.94. The molecule has 1 aliphatic heterocycles. The van der Waals surface area contributed by atoms with E-state index < -0.39 is 5.97 Å². The van der Waals surface area contributed by atoms with Gasteiger partial charge in [-0.05, 0) is 31.0 Å². The fraction of sp³-hybridized carbons (Fsp3) is 0.467. The van der Waals surface area contributed by atoms with E-state index in [9.17, 15) is 9.59 Å². The van der Waals surface area contributed by atoms with Crippen LogP contribution in [0.1, 0.15) is 36.0 Å². The molecule has 1 heterocycles. The molecule has 0 spiro atoms. The van der Waals surface area contributed by atoms with E-state index in [2.05, 4.69) is 5.32 Å². The largest absolute Gasteiger partial charge is 0.454 e. The van der Waals surface area contributed by atoms with Crippen LogP contribution in [0.3, 0.4) is 0 Å². The molecule has 1 N–H and O–H groups in total. The monoisotopic (exact) mass is 291 g/mol. The number of ether oxygens (including phenoxy) is 3. The summed E-state index contributed by atoms with van der Waals surface area (Å²) in [5.41, 5.74) is 0.341. The van der Waals surface area contributed by atoms with E-state index in [4.69, 9.17) is 14.2 Å². The van der Waals surface area contributed by atoms with Crippen molar-refractivity contribution in [2.75, 3.05) is 13.4 Å². The highest BCUT2D eigenvalue weighted by Crippen LogP contribution is 2.32. The number of carbonyl (C=O) groups is 2. The Morgan fingerprint density at radius 3 is 2.76 bits per heavy atom. The Morgan fingerprint density at radius 1 is 1.19 bits per heavy atom. The zero-order chi connectivity index (χ0) is 14.7. The maximum absolute atomic E-state index is 11.9. The van der Waals surface area contributed by atoms with Gasteiger partial charge in [0.25, 0.3) is 5.91 Å². The maximum Gasteiger partial charge on any atom is 0.338 e. The van der Waals surface area contributed by atoms with Gasteiger partial charge in [0.15, 0.2) is 18.1 Å². The molecule has 0 aromatic heterocycles. The highest BCUT2D eigenvalue weighted by molar-refractivity contribution is 5.92. The quantitative estimate of drug-likeness (QED) is 0.853. The molecule has 1 fully saturated rings. The molecule has 2 aliphatic rings. The number of esters is 1. The van der Waals surface area contributed by atoms with Crippen molar-refractivity contribution < 1.29 is 23.8 Å². The number of benzene rings is 1. The lowest BCUT2D eigenvalue weighted by Gasteiger charge is -2.12. The van der Waals surface area contributed by atoms with E-state index in [1.165, 1.54) is 0 Å². The molecule has 3 rings (SSSR count). The molecule has 112 valence electrons. The highest BCUT2D eigenvalue weighted by Gasteiger charge is 2.20. The summed E-state index contributed by atoms with van der Waals surface area (Å²) in [4.78, 5) is 23.6. The van der Waals surface area contributed by atoms with Crippen molar-refractivity contribution in [1.29, 1.82) is 0 Å². The van der Waals surface area contributed by atoms with E-state index in [-0.39, 0.29) is 25.3 Å². The van der Waals surface area contributed by atoms with Gasteiger partial charge in [-0.2, -0.15) is 0 Å². The lowest BCUT2D eigenvalue weighted by molar-refractivity contribution is -0.124. The van der Waals surface area contributed by atoms with Gasteiger partial charge < -0.3 is 19.5 Å². The van der Waals surface area contributed by atoms with Gasteiger partial charge in [0, 0.05) is 6.04 Å². The van der Waals surface area contributed by atoms with Crippen LogP contribution in [-0.2, 0) is 9.53 Å². The standard InChI is InChI=1S/C15H17NO5/c17-14(16-11-3-1-2-4-11)8-19-15(18)10-5-6-12-13(7-10)21-9-20-12/h5-7,11H,1-4,8-9H2,(H,16,17). The average molecular weight is 291 g/mol. The zero-order valence-electron chi connectivity index (χ0n) is 11.6. The van der Waals surface area contributed by atoms with E-state index in [0.29, 0.717) is 17.1 Å². The second-order valence-corrected chi connectivity index (χ2v) is 5.19. The summed E-state index contributed by atoms with van der Waals surface area (Å²) >= 11 is 0. The van der Waals surface area contributed by atoms with Gasteiger partial charge in [-0.1, -0.05) is 12.8 Å². The molecule has 1 aromatic rings. The molecule has 1 aliphatic carbocycles. The number of nitrogens with one attached hydrogen (secondary N) is 1. The van der Waals surface area contributed by atoms with Gasteiger partial charge in [-0.15, -0.1) is 0 Å². The molecule has 21 heavy (non-hydrogen) atoms. The fourth-order valence-electron chi connectivity index (χ4n) is 2.58. The van der Waals surface area contributed by atoms with E-state index in [1.54, 1.807) is 18.2 Å². The molecule has 1 aromatic carbocycles. The summed E-state index contributed by atoms with van der Waals surface area (Å²) in [5.74, 6) is 0.316. The van der Waals surface area contributed by atoms with Gasteiger partial charge in [0.2, 0.25) is 6.79 Å². The van der Waals surface area contributed by atoms with Crippen molar-refractivity contribution >= 4 is 11.9 Å². The molecule has 0 saturated heterocycles. The summed E-state index contributed by atoms with van der Waals surface area (Å²) in [6.45, 7) is -0.110. The van der Waals surface area contributed by atoms with Gasteiger partial charge in [-0.25, -0.2) is 4.79 Å². The number of carbonyl (C=O) groups excluding carboxylic acids is 2. The number of rotatable bonds is 4. The van der Waals surface area contributed by atoms with Crippen LogP contribution in [-0.4, -0.2) is 31.3 Å². The van der Waals surface area contributed by atoms with Crippen LogP contribution in [0.4, 0.5) is 0 Å². The molecule has 6 nitrogen and oxygen atoms in total. The predicted octanol–water partition coefficient (Wildman–Crippen LogP) is 1.63. The third kappa shape index (κ3) is 3.26. The molecule has 0 bridgehead atoms. The Bertz CT molecular complexity index is 551. The van der Waals surface area contributed by atoms with E-state index >= 15 is 0 Å². The summed E-state index contributed by atoms with van der Waals surface area (Å²) < 4.78 is 15.4. The molecule has 0 unspecified atom stereocenters. The lowest BCUT2D eigenvalue weighted by Crippen LogP contribution is -2.35. The van der Waals surface area contributed by atoms with Gasteiger partial charge in [-0.3, -0.25) is 4.79 Å². The second kappa shape index (κ2) is 6.03. The Morgan fingerprint density at radius 2 is 1.95 bits per heavy atom. The maximum atomic E-state index is 11.9. The molecule has 0 atom stereocenters. The van der Waals surface area contributed by atoms with Gasteiger partial charge in [0.05, 0.1) is 5.56 Å². The summed E-state index contributed by atoms with van der Waals surface area (Å²) in [5, 5.41) is 2.87. The molecular weight excluding hydrogens is 274 g/mol. The first-order valence-electron chi connectivity index (χ1n) is 7.08. The SMILES string of the molecule is O=C(COC(=O)c1ccc2c(c1)OCO2)NC1CCCC1. The number of fused-ring (bicyclic) bond motifs is 1. The van der Waals surface area contributed by atoms with E-state index in [0.717, 1.165) is 25.7 Å². The van der Waals surface area contributed by atoms with Crippen molar-refractivity contribution in [2.24, 2.45) is 0 Å². The van der Waals surface area contributed by atoms with Crippen LogP contribution in [0, 0.1) is 0 Å². The third-order valence-corrected chi connectivity index (χ3v) is 3.66. The first-order valence-corrected chi connectivity index (χ1v) is 7.08. The van der Waals surface area contributed by atoms with Crippen molar-refractivity contribution in [3.05, 3.63) is 23.8 Å². The lowest BCUT2D eigenvalue weighted by atomic mass is 10.2. The normalized spacial score (nSPS) is 16.8. The van der Waals surface area contributed by atoms with Crippen molar-refractivity contribution in [3.63, 3.8) is 0 Å². The topological polar surface area (TPSA) is 73.9 Å². The minimum absolute atomic E-state index is 0.150. The highest BCUT2D eigenvalue weighted by atomic mass is 16.7. The predicted molar refractivity (Wildman–Crippen MR) is 73.2 cm³/mol. The van der Waals surface area contributed by atoms with Crippen molar-refractivity contribution in [3.8, 4) is 11.5 Å².